The molecule has 12 heavy (non-hydrogen) atoms. The molecule has 1 aliphatic heterocycles. The van der Waals surface area contributed by atoms with Gasteiger partial charge in [-0.25, -0.2) is 0 Å². The molecule has 3 atom stereocenters. The van der Waals surface area contributed by atoms with Gasteiger partial charge in [-0.05, 0) is 23.8 Å². The number of fused-ring (bicyclic) bond motifs is 1. The molecule has 2 rings (SSSR count). The van der Waals surface area contributed by atoms with Crippen LogP contribution in [0.15, 0.2) is 0 Å². The van der Waals surface area contributed by atoms with Gasteiger partial charge in [-0.1, -0.05) is 13.8 Å². The lowest BCUT2D eigenvalue weighted by atomic mass is 10.0. The lowest BCUT2D eigenvalue weighted by Crippen LogP contribution is -2.41. The highest BCUT2D eigenvalue weighted by Crippen LogP contribution is 2.62. The van der Waals surface area contributed by atoms with Crippen molar-refractivity contribution in [3.05, 3.63) is 0 Å². The molecule has 5 N–H and O–H groups in total. The minimum atomic E-state index is -0.192. The standard InChI is InChI=1S/C8H14N2O.H2O/c1-8(2)4-3-10-6(5(4)8)7(9)11;/h4-6,10H,3H2,1-2H3,(H2,9,11);1H2. The van der Waals surface area contributed by atoms with Crippen LogP contribution in [-0.2, 0) is 4.79 Å². The Kier molecular flexibility index (Phi) is 1.92. The predicted octanol–water partition coefficient (Wildman–Crippen LogP) is -1.11. The highest BCUT2D eigenvalue weighted by atomic mass is 16.1. The summed E-state index contributed by atoms with van der Waals surface area (Å²) in [6.07, 6.45) is 0. The van der Waals surface area contributed by atoms with Gasteiger partial charge in [0.15, 0.2) is 0 Å². The van der Waals surface area contributed by atoms with Crippen molar-refractivity contribution in [2.24, 2.45) is 23.0 Å². The maximum absolute atomic E-state index is 10.9. The Morgan fingerprint density at radius 1 is 1.58 bits per heavy atom. The maximum atomic E-state index is 10.9. The van der Waals surface area contributed by atoms with Crippen LogP contribution in [0, 0.1) is 17.3 Å². The van der Waals surface area contributed by atoms with Gasteiger partial charge in [0.2, 0.25) is 5.91 Å². The Labute approximate surface area is 71.8 Å². The molecule has 0 aromatic rings. The zero-order valence-electron chi connectivity index (χ0n) is 7.42. The van der Waals surface area contributed by atoms with Gasteiger partial charge in [0.05, 0.1) is 6.04 Å². The Morgan fingerprint density at radius 2 is 2.17 bits per heavy atom. The van der Waals surface area contributed by atoms with Gasteiger partial charge < -0.3 is 16.5 Å². The highest BCUT2D eigenvalue weighted by molar-refractivity contribution is 5.81. The van der Waals surface area contributed by atoms with E-state index in [0.29, 0.717) is 17.3 Å². The Bertz CT molecular complexity index is 215. The van der Waals surface area contributed by atoms with E-state index in [1.807, 2.05) is 0 Å². The molecule has 4 nitrogen and oxygen atoms in total. The number of hydrogen-bond donors (Lipinski definition) is 2. The summed E-state index contributed by atoms with van der Waals surface area (Å²) in [6.45, 7) is 5.38. The first-order valence-electron chi connectivity index (χ1n) is 4.08. The van der Waals surface area contributed by atoms with E-state index in [9.17, 15) is 4.79 Å². The van der Waals surface area contributed by atoms with E-state index in [1.54, 1.807) is 0 Å². The van der Waals surface area contributed by atoms with Crippen molar-refractivity contribution in [2.75, 3.05) is 6.54 Å². The largest absolute Gasteiger partial charge is 0.412 e. The molecule has 1 amide bonds. The summed E-state index contributed by atoms with van der Waals surface area (Å²) in [4.78, 5) is 10.9. The average molecular weight is 172 g/mol. The third-order valence-corrected chi connectivity index (χ3v) is 3.36. The SMILES string of the molecule is CC1(C)C2CNC(C(N)=O)C21.O. The summed E-state index contributed by atoms with van der Waals surface area (Å²) in [5.74, 6) is 0.989. The lowest BCUT2D eigenvalue weighted by molar-refractivity contribution is -0.120. The molecular formula is C8H16N2O2. The zero-order valence-corrected chi connectivity index (χ0v) is 7.42. The molecule has 1 saturated heterocycles. The first-order chi connectivity index (χ1) is 5.05. The third kappa shape index (κ3) is 0.949. The van der Waals surface area contributed by atoms with E-state index in [4.69, 9.17) is 5.73 Å². The van der Waals surface area contributed by atoms with Gasteiger partial charge in [-0.3, -0.25) is 4.79 Å². The normalized spacial score (nSPS) is 41.3. The van der Waals surface area contributed by atoms with Gasteiger partial charge >= 0.3 is 0 Å². The van der Waals surface area contributed by atoms with Gasteiger partial charge in [-0.15, -0.1) is 0 Å². The molecule has 1 saturated carbocycles. The molecule has 3 unspecified atom stereocenters. The van der Waals surface area contributed by atoms with E-state index in [0.717, 1.165) is 6.54 Å². The van der Waals surface area contributed by atoms with Crippen LogP contribution >= 0.6 is 0 Å². The molecule has 70 valence electrons. The second-order valence-electron chi connectivity index (χ2n) is 4.24. The summed E-state index contributed by atoms with van der Waals surface area (Å²) in [7, 11) is 0. The van der Waals surface area contributed by atoms with Crippen LogP contribution in [-0.4, -0.2) is 24.0 Å². The molecular weight excluding hydrogens is 156 g/mol. The summed E-state index contributed by atoms with van der Waals surface area (Å²) in [5.41, 5.74) is 5.59. The number of nitrogens with two attached hydrogens (primary N) is 1. The van der Waals surface area contributed by atoms with Crippen LogP contribution in [0.5, 0.6) is 0 Å². The summed E-state index contributed by atoms with van der Waals surface area (Å²) >= 11 is 0. The zero-order chi connectivity index (χ0) is 8.22. The maximum Gasteiger partial charge on any atom is 0.234 e. The number of primary amides is 1. The van der Waals surface area contributed by atoms with E-state index < -0.39 is 0 Å². The van der Waals surface area contributed by atoms with E-state index in [1.165, 1.54) is 0 Å². The fraction of sp³-hybridized carbons (Fsp3) is 0.875. The first-order valence-corrected chi connectivity index (χ1v) is 4.08. The minimum absolute atomic E-state index is 0. The van der Waals surface area contributed by atoms with Crippen LogP contribution in [0.2, 0.25) is 0 Å². The Morgan fingerprint density at radius 3 is 2.42 bits per heavy atom. The number of hydrogen-bond acceptors (Lipinski definition) is 2. The number of carbonyl (C=O) groups is 1. The van der Waals surface area contributed by atoms with Crippen molar-refractivity contribution in [2.45, 2.75) is 19.9 Å². The molecule has 0 bridgehead atoms. The fourth-order valence-electron chi connectivity index (χ4n) is 2.50. The van der Waals surface area contributed by atoms with Gasteiger partial charge in [0.25, 0.3) is 0 Å². The second-order valence-corrected chi connectivity index (χ2v) is 4.24. The molecule has 2 aliphatic rings. The smallest absolute Gasteiger partial charge is 0.234 e. The van der Waals surface area contributed by atoms with E-state index in [-0.39, 0.29) is 17.4 Å². The average Bonchev–Trinajstić information content (AvgIpc) is 2.34. The molecule has 0 aromatic carbocycles. The number of amides is 1. The van der Waals surface area contributed by atoms with Gasteiger partial charge in [0, 0.05) is 0 Å². The van der Waals surface area contributed by atoms with Crippen molar-refractivity contribution in [3.63, 3.8) is 0 Å². The van der Waals surface area contributed by atoms with E-state index in [2.05, 4.69) is 19.2 Å². The summed E-state index contributed by atoms with van der Waals surface area (Å²) < 4.78 is 0. The van der Waals surface area contributed by atoms with Crippen LogP contribution < -0.4 is 11.1 Å². The van der Waals surface area contributed by atoms with Crippen LogP contribution in [0.1, 0.15) is 13.8 Å². The third-order valence-electron chi connectivity index (χ3n) is 3.36. The van der Waals surface area contributed by atoms with Crippen molar-refractivity contribution >= 4 is 5.91 Å². The van der Waals surface area contributed by atoms with Crippen LogP contribution in [0.3, 0.4) is 0 Å². The summed E-state index contributed by atoms with van der Waals surface area (Å²) in [6, 6.07) is -0.0602. The molecule has 1 aliphatic carbocycles. The summed E-state index contributed by atoms with van der Waals surface area (Å²) in [5, 5.41) is 3.14. The molecule has 0 radical (unpaired) electrons. The monoisotopic (exact) mass is 172 g/mol. The molecule has 4 heteroatoms. The van der Waals surface area contributed by atoms with Gasteiger partial charge in [-0.2, -0.15) is 0 Å². The molecule has 0 aromatic heterocycles. The van der Waals surface area contributed by atoms with Crippen LogP contribution in [0.4, 0.5) is 0 Å². The number of rotatable bonds is 1. The van der Waals surface area contributed by atoms with Crippen molar-refractivity contribution in [1.29, 1.82) is 0 Å². The number of piperidine rings is 1. The highest BCUT2D eigenvalue weighted by Gasteiger charge is 2.65. The first kappa shape index (κ1) is 9.48. The molecule has 2 fully saturated rings. The van der Waals surface area contributed by atoms with Crippen molar-refractivity contribution in [1.82, 2.24) is 5.32 Å². The Hall–Kier alpha value is -0.610. The quantitative estimate of drug-likeness (QED) is 0.525. The Balaban J connectivity index is 0.000000720. The topological polar surface area (TPSA) is 86.6 Å². The fourth-order valence-corrected chi connectivity index (χ4v) is 2.50. The molecule has 1 heterocycles. The number of nitrogens with one attached hydrogen (secondary N) is 1. The predicted molar refractivity (Wildman–Crippen MR) is 45.4 cm³/mol. The lowest BCUT2D eigenvalue weighted by Gasteiger charge is -2.15. The molecule has 0 spiro atoms. The number of carbonyl (C=O) groups excluding carboxylic acids is 1. The van der Waals surface area contributed by atoms with Crippen molar-refractivity contribution < 1.29 is 10.3 Å². The van der Waals surface area contributed by atoms with E-state index >= 15 is 0 Å². The van der Waals surface area contributed by atoms with Crippen LogP contribution in [0.25, 0.3) is 0 Å². The minimum Gasteiger partial charge on any atom is -0.412 e. The second kappa shape index (κ2) is 2.44. The van der Waals surface area contributed by atoms with Gasteiger partial charge in [0.1, 0.15) is 0 Å². The van der Waals surface area contributed by atoms with Crippen molar-refractivity contribution in [3.8, 4) is 0 Å².